The van der Waals surface area contributed by atoms with Crippen molar-refractivity contribution in [2.75, 3.05) is 0 Å². The van der Waals surface area contributed by atoms with Crippen LogP contribution in [0.25, 0.3) is 0 Å². The van der Waals surface area contributed by atoms with Crippen molar-refractivity contribution in [1.29, 1.82) is 0 Å². The molecule has 0 N–H and O–H groups in total. The maximum atomic E-state index is 3.66. The number of allylic oxidation sites excluding steroid dienone is 2. The smallest absolute Gasteiger partial charge is 0.0328 e. The highest BCUT2D eigenvalue weighted by atomic mass is 14.0. The Morgan fingerprint density at radius 3 is 2.00 bits per heavy atom. The molecular formula is C15H30. The lowest BCUT2D eigenvalue weighted by atomic mass is 10.1. The third-order valence-corrected chi connectivity index (χ3v) is 2.53. The van der Waals surface area contributed by atoms with Crippen LogP contribution in [0.1, 0.15) is 65.7 Å². The van der Waals surface area contributed by atoms with Gasteiger partial charge in [0.15, 0.2) is 0 Å². The monoisotopic (exact) mass is 210 g/mol. The van der Waals surface area contributed by atoms with E-state index in [9.17, 15) is 0 Å². The van der Waals surface area contributed by atoms with Crippen LogP contribution in [0.5, 0.6) is 0 Å². The summed E-state index contributed by atoms with van der Waals surface area (Å²) < 4.78 is 0. The molecule has 90 valence electrons. The molecule has 0 heterocycles. The van der Waals surface area contributed by atoms with Gasteiger partial charge in [-0.3, -0.25) is 0 Å². The summed E-state index contributed by atoms with van der Waals surface area (Å²) in [6.07, 6.45) is 13.0. The quantitative estimate of drug-likeness (QED) is 0.353. The van der Waals surface area contributed by atoms with Crippen LogP contribution in [-0.2, 0) is 0 Å². The zero-order valence-corrected chi connectivity index (χ0v) is 11.1. The third-order valence-electron chi connectivity index (χ3n) is 2.53. The van der Waals surface area contributed by atoms with Gasteiger partial charge in [-0.15, -0.1) is 13.2 Å². The molecule has 0 aliphatic rings. The first-order valence-electron chi connectivity index (χ1n) is 6.44. The van der Waals surface area contributed by atoms with Crippen LogP contribution in [0.2, 0.25) is 0 Å². The van der Waals surface area contributed by atoms with E-state index in [-0.39, 0.29) is 0 Å². The Hall–Kier alpha value is -0.520. The van der Waals surface area contributed by atoms with E-state index >= 15 is 0 Å². The maximum Gasteiger partial charge on any atom is -0.0328 e. The Morgan fingerprint density at radius 1 is 1.00 bits per heavy atom. The van der Waals surface area contributed by atoms with Gasteiger partial charge in [0.2, 0.25) is 0 Å². The van der Waals surface area contributed by atoms with E-state index in [0.717, 1.165) is 12.3 Å². The number of rotatable bonds is 8. The Bertz CT molecular complexity index is 124. The molecule has 0 aliphatic carbocycles. The molecule has 0 heteroatoms. The molecule has 0 fully saturated rings. The topological polar surface area (TPSA) is 0 Å². The lowest BCUT2D eigenvalue weighted by molar-refractivity contribution is 0.572. The summed E-state index contributed by atoms with van der Waals surface area (Å²) in [4.78, 5) is 0. The van der Waals surface area contributed by atoms with Crippen LogP contribution in [0.4, 0.5) is 0 Å². The summed E-state index contributed by atoms with van der Waals surface area (Å²) in [7, 11) is 0. The molecule has 0 amide bonds. The van der Waals surface area contributed by atoms with E-state index in [1.54, 1.807) is 0 Å². The SMILES string of the molecule is C=CCC(C)CC.C=CCCCCCC. The minimum Gasteiger partial charge on any atom is -0.103 e. The molecule has 0 radical (unpaired) electrons. The van der Waals surface area contributed by atoms with Crippen molar-refractivity contribution in [2.24, 2.45) is 5.92 Å². The maximum absolute atomic E-state index is 3.66. The van der Waals surface area contributed by atoms with Crippen molar-refractivity contribution in [1.82, 2.24) is 0 Å². The van der Waals surface area contributed by atoms with Crippen molar-refractivity contribution in [2.45, 2.75) is 65.7 Å². The van der Waals surface area contributed by atoms with Crippen LogP contribution in [0.15, 0.2) is 25.3 Å². The molecule has 15 heavy (non-hydrogen) atoms. The van der Waals surface area contributed by atoms with E-state index in [1.807, 2.05) is 12.2 Å². The van der Waals surface area contributed by atoms with Crippen LogP contribution < -0.4 is 0 Å². The first-order chi connectivity index (χ1) is 7.22. The molecule has 0 rings (SSSR count). The van der Waals surface area contributed by atoms with Gasteiger partial charge in [0, 0.05) is 0 Å². The zero-order valence-electron chi connectivity index (χ0n) is 11.1. The Morgan fingerprint density at radius 2 is 1.67 bits per heavy atom. The average molecular weight is 210 g/mol. The van der Waals surface area contributed by atoms with Crippen LogP contribution >= 0.6 is 0 Å². The molecule has 0 aromatic carbocycles. The highest BCUT2D eigenvalue weighted by Gasteiger charge is 1.90. The molecule has 0 aromatic rings. The largest absolute Gasteiger partial charge is 0.103 e. The molecule has 0 aromatic heterocycles. The third kappa shape index (κ3) is 19.8. The number of hydrogen-bond donors (Lipinski definition) is 0. The molecule has 1 atom stereocenters. The molecule has 1 unspecified atom stereocenters. The minimum atomic E-state index is 0.831. The summed E-state index contributed by atoms with van der Waals surface area (Å²) in [6, 6.07) is 0. The van der Waals surface area contributed by atoms with Crippen molar-refractivity contribution in [3.63, 3.8) is 0 Å². The minimum absolute atomic E-state index is 0.831. The van der Waals surface area contributed by atoms with Crippen LogP contribution in [-0.4, -0.2) is 0 Å². The second kappa shape index (κ2) is 15.9. The Kier molecular flexibility index (Phi) is 17.9. The molecular weight excluding hydrogens is 180 g/mol. The van der Waals surface area contributed by atoms with Crippen molar-refractivity contribution >= 4 is 0 Å². The molecule has 0 saturated carbocycles. The fourth-order valence-electron chi connectivity index (χ4n) is 1.17. The standard InChI is InChI=1S/C8H16.C7H14/c1-3-5-7-8-6-4-2;1-4-6-7(3)5-2/h3H,1,4-8H2,2H3;4,7H,1,5-6H2,2-3H3. The summed E-state index contributed by atoms with van der Waals surface area (Å²) in [5.41, 5.74) is 0. The summed E-state index contributed by atoms with van der Waals surface area (Å²) in [6.45, 7) is 14.0. The van der Waals surface area contributed by atoms with E-state index in [4.69, 9.17) is 0 Å². The lowest BCUT2D eigenvalue weighted by Crippen LogP contribution is -1.86. The van der Waals surface area contributed by atoms with Crippen molar-refractivity contribution < 1.29 is 0 Å². The first-order valence-corrected chi connectivity index (χ1v) is 6.44. The molecule has 0 aliphatic heterocycles. The average Bonchev–Trinajstić information content (AvgIpc) is 2.26. The lowest BCUT2D eigenvalue weighted by Gasteiger charge is -2.00. The number of hydrogen-bond acceptors (Lipinski definition) is 0. The summed E-state index contributed by atoms with van der Waals surface area (Å²) >= 11 is 0. The number of unbranched alkanes of at least 4 members (excludes halogenated alkanes) is 4. The highest BCUT2D eigenvalue weighted by Crippen LogP contribution is 2.04. The van der Waals surface area contributed by atoms with E-state index in [2.05, 4.69) is 33.9 Å². The van der Waals surface area contributed by atoms with Gasteiger partial charge in [-0.2, -0.15) is 0 Å². The van der Waals surface area contributed by atoms with Gasteiger partial charge in [-0.25, -0.2) is 0 Å². The zero-order chi connectivity index (χ0) is 11.9. The van der Waals surface area contributed by atoms with Gasteiger partial charge in [0.05, 0.1) is 0 Å². The normalized spacial score (nSPS) is 11.1. The van der Waals surface area contributed by atoms with Crippen molar-refractivity contribution in [3.05, 3.63) is 25.3 Å². The van der Waals surface area contributed by atoms with Crippen molar-refractivity contribution in [3.8, 4) is 0 Å². The van der Waals surface area contributed by atoms with Crippen LogP contribution in [0.3, 0.4) is 0 Å². The molecule has 0 saturated heterocycles. The first kappa shape index (κ1) is 16.9. The van der Waals surface area contributed by atoms with Gasteiger partial charge in [-0.05, 0) is 25.2 Å². The molecule has 0 nitrogen and oxygen atoms in total. The Balaban J connectivity index is 0. The van der Waals surface area contributed by atoms with Gasteiger partial charge >= 0.3 is 0 Å². The fourth-order valence-corrected chi connectivity index (χ4v) is 1.17. The summed E-state index contributed by atoms with van der Waals surface area (Å²) in [5, 5.41) is 0. The van der Waals surface area contributed by atoms with Gasteiger partial charge in [0.1, 0.15) is 0 Å². The summed E-state index contributed by atoms with van der Waals surface area (Å²) in [5.74, 6) is 0.831. The van der Waals surface area contributed by atoms with Gasteiger partial charge in [-0.1, -0.05) is 58.6 Å². The predicted molar refractivity (Wildman–Crippen MR) is 73.2 cm³/mol. The van der Waals surface area contributed by atoms with Crippen LogP contribution in [0, 0.1) is 5.92 Å². The second-order valence-electron chi connectivity index (χ2n) is 4.18. The molecule has 0 spiro atoms. The highest BCUT2D eigenvalue weighted by molar-refractivity contribution is 4.69. The van der Waals surface area contributed by atoms with E-state index in [1.165, 1.54) is 38.5 Å². The predicted octanol–water partition coefficient (Wildman–Crippen LogP) is 5.75. The molecule has 0 bridgehead atoms. The Labute approximate surface area is 97.5 Å². The van der Waals surface area contributed by atoms with E-state index < -0.39 is 0 Å². The van der Waals surface area contributed by atoms with Gasteiger partial charge in [0.25, 0.3) is 0 Å². The fraction of sp³-hybridized carbons (Fsp3) is 0.733. The second-order valence-corrected chi connectivity index (χ2v) is 4.18. The van der Waals surface area contributed by atoms with E-state index in [0.29, 0.717) is 0 Å². The van der Waals surface area contributed by atoms with Gasteiger partial charge < -0.3 is 0 Å².